The Labute approximate surface area is 133 Å². The fourth-order valence-electron chi connectivity index (χ4n) is 3.33. The molecule has 0 spiro atoms. The molecule has 2 nitrogen and oxygen atoms in total. The summed E-state index contributed by atoms with van der Waals surface area (Å²) in [7, 11) is 2.14. The molecule has 0 aliphatic carbocycles. The number of benzene rings is 1. The van der Waals surface area contributed by atoms with E-state index in [1.807, 2.05) is 0 Å². The van der Waals surface area contributed by atoms with Crippen molar-refractivity contribution in [1.82, 2.24) is 9.88 Å². The van der Waals surface area contributed by atoms with E-state index in [2.05, 4.69) is 88.4 Å². The molecular formula is C20H24N2. The van der Waals surface area contributed by atoms with Gasteiger partial charge in [-0.25, -0.2) is 0 Å². The van der Waals surface area contributed by atoms with E-state index in [1.165, 1.54) is 22.3 Å². The monoisotopic (exact) mass is 292 g/mol. The van der Waals surface area contributed by atoms with Gasteiger partial charge in [0.25, 0.3) is 0 Å². The third kappa shape index (κ3) is 2.14. The lowest BCUT2D eigenvalue weighted by molar-refractivity contribution is 0.250. The molecule has 0 saturated heterocycles. The molecule has 1 aromatic carbocycles. The normalized spacial score (nSPS) is 20.4. The van der Waals surface area contributed by atoms with Crippen molar-refractivity contribution in [3.8, 4) is 0 Å². The topological polar surface area (TPSA) is 16.1 Å². The molecule has 0 amide bonds. The van der Waals surface area contributed by atoms with Crippen molar-refractivity contribution >= 4 is 6.08 Å². The number of nitrogens with zero attached hydrogens (tertiary/aromatic N) is 2. The molecular weight excluding hydrogens is 268 g/mol. The Morgan fingerprint density at radius 3 is 2.55 bits per heavy atom. The first kappa shape index (κ1) is 14.8. The van der Waals surface area contributed by atoms with E-state index in [0.717, 1.165) is 5.69 Å². The SMILES string of the molecule is Cc1ccccc1C1(C)c2cnc(C(C)C)cc2C=CN1C. The molecule has 1 aromatic heterocycles. The zero-order chi connectivity index (χ0) is 15.9. The summed E-state index contributed by atoms with van der Waals surface area (Å²) in [6, 6.07) is 10.9. The second kappa shape index (κ2) is 5.28. The molecule has 2 aromatic rings. The van der Waals surface area contributed by atoms with Gasteiger partial charge in [0.2, 0.25) is 0 Å². The van der Waals surface area contributed by atoms with Gasteiger partial charge < -0.3 is 4.90 Å². The Hall–Kier alpha value is -2.09. The van der Waals surface area contributed by atoms with Crippen LogP contribution >= 0.6 is 0 Å². The number of aryl methyl sites for hydroxylation is 1. The van der Waals surface area contributed by atoms with Gasteiger partial charge in [0, 0.05) is 30.7 Å². The molecule has 1 unspecified atom stereocenters. The maximum atomic E-state index is 4.72. The van der Waals surface area contributed by atoms with Gasteiger partial charge in [-0.2, -0.15) is 0 Å². The van der Waals surface area contributed by atoms with E-state index < -0.39 is 0 Å². The van der Waals surface area contributed by atoms with Crippen LogP contribution in [0.3, 0.4) is 0 Å². The fourth-order valence-corrected chi connectivity index (χ4v) is 3.33. The Morgan fingerprint density at radius 1 is 1.14 bits per heavy atom. The minimum absolute atomic E-state index is 0.183. The lowest BCUT2D eigenvalue weighted by Crippen LogP contribution is -2.42. The molecule has 22 heavy (non-hydrogen) atoms. The van der Waals surface area contributed by atoms with Crippen LogP contribution in [0.15, 0.2) is 42.7 Å². The van der Waals surface area contributed by atoms with Crippen LogP contribution in [-0.2, 0) is 5.54 Å². The van der Waals surface area contributed by atoms with Gasteiger partial charge in [-0.3, -0.25) is 4.98 Å². The van der Waals surface area contributed by atoms with Crippen LogP contribution < -0.4 is 0 Å². The molecule has 1 aliphatic heterocycles. The zero-order valence-corrected chi connectivity index (χ0v) is 14.1. The van der Waals surface area contributed by atoms with Crippen LogP contribution in [0.4, 0.5) is 0 Å². The number of hydrogen-bond acceptors (Lipinski definition) is 2. The molecule has 1 atom stereocenters. The first-order valence-electron chi connectivity index (χ1n) is 7.92. The molecule has 0 saturated carbocycles. The number of aromatic nitrogens is 1. The van der Waals surface area contributed by atoms with Crippen LogP contribution in [0.2, 0.25) is 0 Å². The third-order valence-corrected chi connectivity index (χ3v) is 4.93. The standard InChI is InChI=1S/C20H24N2/c1-14(2)19-12-16-10-11-22(5)20(4,18(16)13-21-19)17-9-7-6-8-15(17)3/h6-14H,1-5H3. The highest BCUT2D eigenvalue weighted by Crippen LogP contribution is 2.41. The van der Waals surface area contributed by atoms with E-state index in [9.17, 15) is 0 Å². The van der Waals surface area contributed by atoms with Gasteiger partial charge in [-0.1, -0.05) is 38.1 Å². The summed E-state index contributed by atoms with van der Waals surface area (Å²) in [4.78, 5) is 7.00. The van der Waals surface area contributed by atoms with Crippen LogP contribution in [0.25, 0.3) is 6.08 Å². The smallest absolute Gasteiger partial charge is 0.0892 e. The minimum atomic E-state index is -0.183. The number of pyridine rings is 1. The minimum Gasteiger partial charge on any atom is -0.367 e. The van der Waals surface area contributed by atoms with Gasteiger partial charge in [-0.15, -0.1) is 0 Å². The van der Waals surface area contributed by atoms with Gasteiger partial charge >= 0.3 is 0 Å². The van der Waals surface area contributed by atoms with Crippen LogP contribution in [0, 0.1) is 6.92 Å². The van der Waals surface area contributed by atoms with Crippen molar-refractivity contribution in [2.75, 3.05) is 7.05 Å². The molecule has 2 heterocycles. The van der Waals surface area contributed by atoms with E-state index in [-0.39, 0.29) is 5.54 Å². The lowest BCUT2D eigenvalue weighted by Gasteiger charge is -2.43. The van der Waals surface area contributed by atoms with Crippen LogP contribution in [0.1, 0.15) is 54.6 Å². The van der Waals surface area contributed by atoms with E-state index in [1.54, 1.807) is 0 Å². The van der Waals surface area contributed by atoms with Crippen molar-refractivity contribution in [3.05, 3.63) is 70.7 Å². The Balaban J connectivity index is 2.22. The zero-order valence-electron chi connectivity index (χ0n) is 14.1. The molecule has 2 heteroatoms. The first-order valence-corrected chi connectivity index (χ1v) is 7.92. The predicted molar refractivity (Wildman–Crippen MR) is 92.8 cm³/mol. The molecule has 0 fully saturated rings. The summed E-state index contributed by atoms with van der Waals surface area (Å²) in [5.74, 6) is 0.447. The third-order valence-electron chi connectivity index (χ3n) is 4.93. The largest absolute Gasteiger partial charge is 0.367 e. The predicted octanol–water partition coefficient (Wildman–Crippen LogP) is 4.69. The molecule has 3 rings (SSSR count). The maximum Gasteiger partial charge on any atom is 0.0892 e. The van der Waals surface area contributed by atoms with E-state index in [4.69, 9.17) is 4.98 Å². The van der Waals surface area contributed by atoms with E-state index in [0.29, 0.717) is 5.92 Å². The number of hydrogen-bond donors (Lipinski definition) is 0. The summed E-state index contributed by atoms with van der Waals surface area (Å²) in [5, 5.41) is 0. The van der Waals surface area contributed by atoms with E-state index >= 15 is 0 Å². The molecule has 0 bridgehead atoms. The van der Waals surface area contributed by atoms with Gasteiger partial charge in [-0.05, 0) is 48.6 Å². The van der Waals surface area contributed by atoms with Crippen molar-refractivity contribution in [2.24, 2.45) is 0 Å². The summed E-state index contributed by atoms with van der Waals surface area (Å²) < 4.78 is 0. The Kier molecular flexibility index (Phi) is 3.56. The van der Waals surface area contributed by atoms with Crippen molar-refractivity contribution < 1.29 is 0 Å². The maximum absolute atomic E-state index is 4.72. The van der Waals surface area contributed by atoms with Crippen LogP contribution in [-0.4, -0.2) is 16.9 Å². The summed E-state index contributed by atoms with van der Waals surface area (Å²) in [6.07, 6.45) is 6.44. The second-order valence-corrected chi connectivity index (χ2v) is 6.66. The summed E-state index contributed by atoms with van der Waals surface area (Å²) in [5.41, 5.74) is 6.17. The highest BCUT2D eigenvalue weighted by molar-refractivity contribution is 5.61. The van der Waals surface area contributed by atoms with Gasteiger partial charge in [0.15, 0.2) is 0 Å². The highest BCUT2D eigenvalue weighted by Gasteiger charge is 2.37. The lowest BCUT2D eigenvalue weighted by atomic mass is 9.78. The van der Waals surface area contributed by atoms with Gasteiger partial charge in [0.1, 0.15) is 0 Å². The quantitative estimate of drug-likeness (QED) is 0.798. The number of rotatable bonds is 2. The average molecular weight is 292 g/mol. The van der Waals surface area contributed by atoms with Crippen molar-refractivity contribution in [3.63, 3.8) is 0 Å². The van der Waals surface area contributed by atoms with Crippen LogP contribution in [0.5, 0.6) is 0 Å². The average Bonchev–Trinajstić information content (AvgIpc) is 2.51. The Bertz CT molecular complexity index is 730. The molecule has 114 valence electrons. The molecule has 1 aliphatic rings. The van der Waals surface area contributed by atoms with Crippen molar-refractivity contribution in [1.29, 1.82) is 0 Å². The highest BCUT2D eigenvalue weighted by atomic mass is 15.2. The fraction of sp³-hybridized carbons (Fsp3) is 0.350. The van der Waals surface area contributed by atoms with Gasteiger partial charge in [0.05, 0.1) is 5.54 Å². The summed E-state index contributed by atoms with van der Waals surface area (Å²) >= 11 is 0. The van der Waals surface area contributed by atoms with Crippen molar-refractivity contribution in [2.45, 2.75) is 39.2 Å². The molecule has 0 N–H and O–H groups in total. The molecule has 0 radical (unpaired) electrons. The Morgan fingerprint density at radius 2 is 1.86 bits per heavy atom. The number of fused-ring (bicyclic) bond motifs is 1. The summed E-state index contributed by atoms with van der Waals surface area (Å²) in [6.45, 7) is 8.85. The first-order chi connectivity index (χ1) is 10.4. The second-order valence-electron chi connectivity index (χ2n) is 6.66.